The van der Waals surface area contributed by atoms with Gasteiger partial charge in [-0.25, -0.2) is 12.7 Å². The summed E-state index contributed by atoms with van der Waals surface area (Å²) in [6.07, 6.45) is 2.06. The van der Waals surface area contributed by atoms with Gasteiger partial charge >= 0.3 is 0 Å². The molecule has 7 nitrogen and oxygen atoms in total. The molecule has 0 saturated carbocycles. The number of non-ortho nitro benzene ring substituents is 1. The van der Waals surface area contributed by atoms with Crippen LogP contribution in [0.3, 0.4) is 0 Å². The fourth-order valence-corrected chi connectivity index (χ4v) is 3.71. The van der Waals surface area contributed by atoms with Gasteiger partial charge in [0.05, 0.1) is 9.82 Å². The minimum atomic E-state index is -3.60. The third kappa shape index (κ3) is 3.78. The summed E-state index contributed by atoms with van der Waals surface area (Å²) in [5.74, 6) is 0.302. The fraction of sp³-hybridized carbons (Fsp3) is 0.538. The van der Waals surface area contributed by atoms with Crippen molar-refractivity contribution in [1.29, 1.82) is 0 Å². The Kier molecular flexibility index (Phi) is 4.92. The maximum atomic E-state index is 12.4. The van der Waals surface area contributed by atoms with Gasteiger partial charge in [-0.1, -0.05) is 0 Å². The number of nitro groups is 1. The fourth-order valence-electron chi connectivity index (χ4n) is 2.46. The Bertz CT molecular complexity index is 594. The Morgan fingerprint density at radius 1 is 1.38 bits per heavy atom. The lowest BCUT2D eigenvalue weighted by Gasteiger charge is -2.27. The summed E-state index contributed by atoms with van der Waals surface area (Å²) in [5.41, 5.74) is -0.118. The highest BCUT2D eigenvalue weighted by Gasteiger charge is 2.25. The van der Waals surface area contributed by atoms with Gasteiger partial charge in [0.2, 0.25) is 10.0 Å². The van der Waals surface area contributed by atoms with Gasteiger partial charge < -0.3 is 5.32 Å². The first kappa shape index (κ1) is 15.9. The van der Waals surface area contributed by atoms with E-state index < -0.39 is 14.9 Å². The van der Waals surface area contributed by atoms with Crippen molar-refractivity contribution in [2.75, 3.05) is 26.7 Å². The molecule has 0 spiro atoms. The molecule has 1 aliphatic heterocycles. The summed E-state index contributed by atoms with van der Waals surface area (Å²) >= 11 is 0. The molecule has 0 bridgehead atoms. The lowest BCUT2D eigenvalue weighted by Crippen LogP contribution is -2.39. The van der Waals surface area contributed by atoms with E-state index in [2.05, 4.69) is 5.32 Å². The molecular weight excluding hydrogens is 294 g/mol. The maximum absolute atomic E-state index is 12.4. The van der Waals surface area contributed by atoms with Gasteiger partial charge in [-0.15, -0.1) is 0 Å². The molecule has 1 aromatic rings. The highest BCUT2D eigenvalue weighted by atomic mass is 32.2. The predicted octanol–water partition coefficient (Wildman–Crippen LogP) is 1.21. The van der Waals surface area contributed by atoms with E-state index >= 15 is 0 Å². The Labute approximate surface area is 124 Å². The first-order chi connectivity index (χ1) is 9.91. The number of nitrogens with one attached hydrogen (secondary N) is 1. The normalized spacial score (nSPS) is 19.6. The van der Waals surface area contributed by atoms with Crippen molar-refractivity contribution >= 4 is 15.7 Å². The van der Waals surface area contributed by atoms with Gasteiger partial charge in [0.25, 0.3) is 5.69 Å². The monoisotopic (exact) mass is 313 g/mol. The summed E-state index contributed by atoms with van der Waals surface area (Å²) in [7, 11) is -2.05. The zero-order valence-corrected chi connectivity index (χ0v) is 12.7. The predicted molar refractivity (Wildman–Crippen MR) is 78.5 cm³/mol. The van der Waals surface area contributed by atoms with Crippen molar-refractivity contribution < 1.29 is 13.3 Å². The first-order valence-corrected chi connectivity index (χ1v) is 8.27. The van der Waals surface area contributed by atoms with E-state index in [1.54, 1.807) is 7.05 Å². The number of rotatable bonds is 5. The molecule has 8 heteroatoms. The van der Waals surface area contributed by atoms with Gasteiger partial charge in [-0.3, -0.25) is 10.1 Å². The van der Waals surface area contributed by atoms with E-state index in [0.29, 0.717) is 12.5 Å². The molecule has 0 aliphatic carbocycles. The van der Waals surface area contributed by atoms with Crippen LogP contribution in [0.4, 0.5) is 5.69 Å². The van der Waals surface area contributed by atoms with Crippen molar-refractivity contribution in [1.82, 2.24) is 9.62 Å². The summed E-state index contributed by atoms with van der Waals surface area (Å²) in [6.45, 7) is 2.25. The van der Waals surface area contributed by atoms with Crippen LogP contribution in [0.15, 0.2) is 29.2 Å². The molecule has 1 aliphatic rings. The SMILES string of the molecule is CN(CC1CCCNC1)S(=O)(=O)c1ccc([N+](=O)[O-])cc1. The third-order valence-electron chi connectivity index (χ3n) is 3.67. The summed E-state index contributed by atoms with van der Waals surface area (Å²) in [5, 5.41) is 13.9. The second kappa shape index (κ2) is 6.50. The van der Waals surface area contributed by atoms with E-state index in [0.717, 1.165) is 25.9 Å². The molecule has 1 N–H and O–H groups in total. The molecule has 1 aromatic carbocycles. The summed E-state index contributed by atoms with van der Waals surface area (Å²) in [6, 6.07) is 4.98. The topological polar surface area (TPSA) is 92.6 Å². The van der Waals surface area contributed by atoms with Crippen LogP contribution in [0.1, 0.15) is 12.8 Å². The molecule has 1 unspecified atom stereocenters. The second-order valence-electron chi connectivity index (χ2n) is 5.25. The van der Waals surface area contributed by atoms with Crippen LogP contribution in [0.25, 0.3) is 0 Å². The standard InChI is InChI=1S/C13H19N3O4S/c1-15(10-11-3-2-8-14-9-11)21(19,20)13-6-4-12(5-7-13)16(17)18/h4-7,11,14H,2-3,8-10H2,1H3. The lowest BCUT2D eigenvalue weighted by atomic mass is 10.00. The Hall–Kier alpha value is -1.51. The smallest absolute Gasteiger partial charge is 0.269 e. The Morgan fingerprint density at radius 2 is 2.05 bits per heavy atom. The summed E-state index contributed by atoms with van der Waals surface area (Å²) < 4.78 is 26.2. The van der Waals surface area contributed by atoms with E-state index in [9.17, 15) is 18.5 Å². The van der Waals surface area contributed by atoms with Crippen LogP contribution in [-0.4, -0.2) is 44.3 Å². The van der Waals surface area contributed by atoms with Gasteiger partial charge in [-0.05, 0) is 44.0 Å². The molecule has 0 radical (unpaired) electrons. The number of hydrogen-bond acceptors (Lipinski definition) is 5. The number of piperidine rings is 1. The molecule has 1 saturated heterocycles. The number of benzene rings is 1. The first-order valence-electron chi connectivity index (χ1n) is 6.83. The van der Waals surface area contributed by atoms with Gasteiger partial charge in [0.1, 0.15) is 0 Å². The maximum Gasteiger partial charge on any atom is 0.269 e. The molecule has 21 heavy (non-hydrogen) atoms. The number of hydrogen-bond donors (Lipinski definition) is 1. The van der Waals surface area contributed by atoms with Crippen molar-refractivity contribution in [3.63, 3.8) is 0 Å². The van der Waals surface area contributed by atoms with Crippen molar-refractivity contribution in [3.05, 3.63) is 34.4 Å². The van der Waals surface area contributed by atoms with Gasteiger partial charge in [0, 0.05) is 25.7 Å². The zero-order valence-electron chi connectivity index (χ0n) is 11.9. The lowest BCUT2D eigenvalue weighted by molar-refractivity contribution is -0.384. The molecule has 2 rings (SSSR count). The molecule has 1 atom stereocenters. The molecule has 1 fully saturated rings. The van der Waals surface area contributed by atoms with Crippen LogP contribution in [0.2, 0.25) is 0 Å². The molecule has 116 valence electrons. The molecule has 0 aromatic heterocycles. The van der Waals surface area contributed by atoms with Crippen LogP contribution in [-0.2, 0) is 10.0 Å². The van der Waals surface area contributed by atoms with E-state index in [1.807, 2.05) is 0 Å². The molecular formula is C13H19N3O4S. The van der Waals surface area contributed by atoms with Crippen LogP contribution >= 0.6 is 0 Å². The van der Waals surface area contributed by atoms with E-state index in [1.165, 1.54) is 28.6 Å². The second-order valence-corrected chi connectivity index (χ2v) is 7.29. The minimum Gasteiger partial charge on any atom is -0.316 e. The molecule has 0 amide bonds. The van der Waals surface area contributed by atoms with Crippen molar-refractivity contribution in [3.8, 4) is 0 Å². The Balaban J connectivity index is 2.10. The van der Waals surface area contributed by atoms with E-state index in [4.69, 9.17) is 0 Å². The highest BCUT2D eigenvalue weighted by molar-refractivity contribution is 7.89. The average Bonchev–Trinajstić information content (AvgIpc) is 2.48. The minimum absolute atomic E-state index is 0.0827. The largest absolute Gasteiger partial charge is 0.316 e. The van der Waals surface area contributed by atoms with Crippen LogP contribution in [0.5, 0.6) is 0 Å². The van der Waals surface area contributed by atoms with Crippen molar-refractivity contribution in [2.45, 2.75) is 17.7 Å². The summed E-state index contributed by atoms with van der Waals surface area (Å²) in [4.78, 5) is 10.1. The van der Waals surface area contributed by atoms with Crippen LogP contribution in [0, 0.1) is 16.0 Å². The number of sulfonamides is 1. The van der Waals surface area contributed by atoms with E-state index in [-0.39, 0.29) is 10.6 Å². The zero-order chi connectivity index (χ0) is 15.5. The highest BCUT2D eigenvalue weighted by Crippen LogP contribution is 2.20. The van der Waals surface area contributed by atoms with Crippen LogP contribution < -0.4 is 5.32 Å². The van der Waals surface area contributed by atoms with Gasteiger partial charge in [-0.2, -0.15) is 0 Å². The quantitative estimate of drug-likeness (QED) is 0.651. The van der Waals surface area contributed by atoms with Crippen molar-refractivity contribution in [2.24, 2.45) is 5.92 Å². The number of nitrogens with zero attached hydrogens (tertiary/aromatic N) is 2. The number of nitro benzene ring substituents is 1. The molecule has 1 heterocycles. The van der Waals surface area contributed by atoms with Gasteiger partial charge in [0.15, 0.2) is 0 Å². The Morgan fingerprint density at radius 3 is 2.57 bits per heavy atom. The third-order valence-corrected chi connectivity index (χ3v) is 5.51. The average molecular weight is 313 g/mol.